The van der Waals surface area contributed by atoms with Crippen molar-refractivity contribution >= 4 is 40.1 Å². The average Bonchev–Trinajstić information content (AvgIpc) is 2.76. The zero-order valence-electron chi connectivity index (χ0n) is 16.9. The van der Waals surface area contributed by atoms with Gasteiger partial charge in [0.05, 0.1) is 29.8 Å². The molecule has 1 fully saturated rings. The Kier molecular flexibility index (Phi) is 6.18. The highest BCUT2D eigenvalue weighted by molar-refractivity contribution is 6.41. The molecule has 3 aromatic rings. The van der Waals surface area contributed by atoms with Gasteiger partial charge in [-0.15, -0.1) is 0 Å². The van der Waals surface area contributed by atoms with Gasteiger partial charge in [0, 0.05) is 35.3 Å². The van der Waals surface area contributed by atoms with Crippen LogP contribution in [-0.4, -0.2) is 36.3 Å². The third kappa shape index (κ3) is 4.00. The molecule has 0 bridgehead atoms. The number of nitrogens with one attached hydrogen (secondary N) is 1. The zero-order valence-corrected chi connectivity index (χ0v) is 18.4. The Bertz CT molecular complexity index is 1050. The molecule has 1 unspecified atom stereocenters. The predicted molar refractivity (Wildman–Crippen MR) is 122 cm³/mol. The second-order valence-corrected chi connectivity index (χ2v) is 8.21. The first kappa shape index (κ1) is 21.0. The lowest BCUT2D eigenvalue weighted by Crippen LogP contribution is -2.42. The summed E-state index contributed by atoms with van der Waals surface area (Å²) in [6.07, 6.45) is 6.22. The second-order valence-electron chi connectivity index (χ2n) is 7.45. The summed E-state index contributed by atoms with van der Waals surface area (Å²) < 4.78 is 10.7. The Morgan fingerprint density at radius 1 is 1.03 bits per heavy atom. The lowest BCUT2D eigenvalue weighted by Gasteiger charge is -2.29. The molecule has 0 saturated heterocycles. The molecule has 6 nitrogen and oxygen atoms in total. The zero-order chi connectivity index (χ0) is 21.3. The molecule has 1 heterocycles. The van der Waals surface area contributed by atoms with Crippen molar-refractivity contribution in [2.45, 2.75) is 37.8 Å². The number of ether oxygens (including phenoxy) is 2. The number of benzene rings is 2. The summed E-state index contributed by atoms with van der Waals surface area (Å²) in [4.78, 5) is 9.15. The van der Waals surface area contributed by atoms with Crippen LogP contribution in [0.4, 0.5) is 5.95 Å². The van der Waals surface area contributed by atoms with Gasteiger partial charge in [0.1, 0.15) is 11.5 Å². The molecule has 0 amide bonds. The summed E-state index contributed by atoms with van der Waals surface area (Å²) in [5.74, 6) is 1.58. The minimum Gasteiger partial charge on any atom is -0.495 e. The summed E-state index contributed by atoms with van der Waals surface area (Å²) in [6.45, 7) is 0. The quantitative estimate of drug-likeness (QED) is 0.552. The van der Waals surface area contributed by atoms with Gasteiger partial charge >= 0.3 is 0 Å². The van der Waals surface area contributed by atoms with E-state index < -0.39 is 0 Å². The van der Waals surface area contributed by atoms with E-state index >= 15 is 0 Å². The first-order valence-corrected chi connectivity index (χ1v) is 10.7. The van der Waals surface area contributed by atoms with E-state index in [0.717, 1.165) is 29.3 Å². The van der Waals surface area contributed by atoms with E-state index in [0.29, 0.717) is 33.1 Å². The number of hydrogen-bond acceptors (Lipinski definition) is 6. The number of hydrogen-bond donors (Lipinski definition) is 2. The maximum atomic E-state index is 6.56. The van der Waals surface area contributed by atoms with Gasteiger partial charge in [-0.05, 0) is 30.5 Å². The van der Waals surface area contributed by atoms with Crippen molar-refractivity contribution in [3.05, 3.63) is 40.5 Å². The molecule has 0 aliphatic heterocycles. The molecule has 4 rings (SSSR count). The molecule has 2 atom stereocenters. The molecule has 0 spiro atoms. The number of fused-ring (bicyclic) bond motifs is 1. The number of nitrogens with zero attached hydrogens (tertiary/aromatic N) is 2. The Labute approximate surface area is 185 Å². The van der Waals surface area contributed by atoms with Crippen LogP contribution in [0.1, 0.15) is 25.7 Å². The van der Waals surface area contributed by atoms with Crippen LogP contribution in [0.15, 0.2) is 30.5 Å². The van der Waals surface area contributed by atoms with E-state index in [4.69, 9.17) is 38.4 Å². The number of methoxy groups -OCH3 is 2. The van der Waals surface area contributed by atoms with E-state index in [2.05, 4.69) is 15.3 Å². The Balaban J connectivity index is 1.70. The first-order valence-electron chi connectivity index (χ1n) is 9.91. The molecule has 1 aromatic heterocycles. The predicted octanol–water partition coefficient (Wildman–Crippen LogP) is 5.30. The van der Waals surface area contributed by atoms with Gasteiger partial charge in [-0.25, -0.2) is 9.97 Å². The molecule has 3 N–H and O–H groups in total. The molecule has 1 aliphatic rings. The van der Waals surface area contributed by atoms with Crippen LogP contribution in [-0.2, 0) is 0 Å². The molecular formula is C22H24Cl2N4O2. The summed E-state index contributed by atoms with van der Waals surface area (Å²) >= 11 is 13.1. The van der Waals surface area contributed by atoms with Crippen LogP contribution in [0.3, 0.4) is 0 Å². The maximum Gasteiger partial charge on any atom is 0.223 e. The van der Waals surface area contributed by atoms with E-state index in [1.54, 1.807) is 26.5 Å². The molecule has 30 heavy (non-hydrogen) atoms. The topological polar surface area (TPSA) is 82.3 Å². The summed E-state index contributed by atoms with van der Waals surface area (Å²) in [7, 11) is 3.11. The van der Waals surface area contributed by atoms with Crippen LogP contribution in [0.2, 0.25) is 10.0 Å². The highest BCUT2D eigenvalue weighted by Crippen LogP contribution is 2.46. The average molecular weight is 447 g/mol. The second kappa shape index (κ2) is 8.84. The molecule has 1 saturated carbocycles. The van der Waals surface area contributed by atoms with Crippen molar-refractivity contribution in [1.82, 2.24) is 9.97 Å². The van der Waals surface area contributed by atoms with Crippen LogP contribution in [0.5, 0.6) is 11.5 Å². The van der Waals surface area contributed by atoms with Crippen LogP contribution in [0, 0.1) is 0 Å². The lowest BCUT2D eigenvalue weighted by atomic mass is 9.91. The van der Waals surface area contributed by atoms with E-state index in [1.165, 1.54) is 12.8 Å². The first-order chi connectivity index (χ1) is 14.5. The Morgan fingerprint density at radius 3 is 2.40 bits per heavy atom. The standard InChI is InChI=1S/C22H24Cl2N4O2/c1-29-17-10-18(30-2)21(24)19(20(17)23)12-7-8-15-13(9-12)11-26-22(27-15)28-16-6-4-3-5-14(16)25/h7-11,14,16H,3-6,25H2,1-2H3,(H,26,27,28)/t14-,16?/m0/s1. The van der Waals surface area contributed by atoms with Crippen molar-refractivity contribution in [3.63, 3.8) is 0 Å². The van der Waals surface area contributed by atoms with Crippen molar-refractivity contribution in [1.29, 1.82) is 0 Å². The minimum absolute atomic E-state index is 0.132. The third-order valence-corrected chi connectivity index (χ3v) is 6.33. The van der Waals surface area contributed by atoms with Crippen molar-refractivity contribution in [2.24, 2.45) is 5.73 Å². The number of nitrogens with two attached hydrogens (primary N) is 1. The molecule has 0 radical (unpaired) electrons. The van der Waals surface area contributed by atoms with Gasteiger partial charge in [-0.2, -0.15) is 0 Å². The SMILES string of the molecule is COc1cc(OC)c(Cl)c(-c2ccc3nc(NC4CCCC[C@@H]4N)ncc3c2)c1Cl. The fraction of sp³-hybridized carbons (Fsp3) is 0.364. The smallest absolute Gasteiger partial charge is 0.223 e. The monoisotopic (exact) mass is 446 g/mol. The lowest BCUT2D eigenvalue weighted by molar-refractivity contribution is 0.395. The van der Waals surface area contributed by atoms with E-state index in [1.807, 2.05) is 18.2 Å². The van der Waals surface area contributed by atoms with Crippen molar-refractivity contribution in [3.8, 4) is 22.6 Å². The Hall–Kier alpha value is -2.28. The highest BCUT2D eigenvalue weighted by atomic mass is 35.5. The number of halogens is 2. The van der Waals surface area contributed by atoms with Crippen LogP contribution in [0.25, 0.3) is 22.0 Å². The highest BCUT2D eigenvalue weighted by Gasteiger charge is 2.22. The largest absolute Gasteiger partial charge is 0.495 e. The molecule has 8 heteroatoms. The van der Waals surface area contributed by atoms with E-state index in [9.17, 15) is 0 Å². The fourth-order valence-corrected chi connectivity index (χ4v) is 4.62. The summed E-state index contributed by atoms with van der Waals surface area (Å²) in [5.41, 5.74) is 8.53. The third-order valence-electron chi connectivity index (χ3n) is 5.58. The Morgan fingerprint density at radius 2 is 1.73 bits per heavy atom. The number of aromatic nitrogens is 2. The van der Waals surface area contributed by atoms with Gasteiger partial charge < -0.3 is 20.5 Å². The van der Waals surface area contributed by atoms with Crippen molar-refractivity contribution < 1.29 is 9.47 Å². The minimum atomic E-state index is 0.132. The van der Waals surface area contributed by atoms with Gasteiger partial charge in [-0.1, -0.05) is 42.1 Å². The molecular weight excluding hydrogens is 423 g/mol. The van der Waals surface area contributed by atoms with Gasteiger partial charge in [-0.3, -0.25) is 0 Å². The fourth-order valence-electron chi connectivity index (χ4n) is 3.90. The van der Waals surface area contributed by atoms with Crippen LogP contribution < -0.4 is 20.5 Å². The normalized spacial score (nSPS) is 19.0. The van der Waals surface area contributed by atoms with Crippen LogP contribution >= 0.6 is 23.2 Å². The van der Waals surface area contributed by atoms with Crippen molar-refractivity contribution in [2.75, 3.05) is 19.5 Å². The van der Waals surface area contributed by atoms with Gasteiger partial charge in [0.25, 0.3) is 0 Å². The summed E-state index contributed by atoms with van der Waals surface area (Å²) in [5, 5.41) is 5.12. The van der Waals surface area contributed by atoms with Gasteiger partial charge in [0.2, 0.25) is 5.95 Å². The number of rotatable bonds is 5. The summed E-state index contributed by atoms with van der Waals surface area (Å²) in [6, 6.07) is 7.82. The molecule has 2 aromatic carbocycles. The van der Waals surface area contributed by atoms with Gasteiger partial charge in [0.15, 0.2) is 0 Å². The molecule has 158 valence electrons. The molecule has 1 aliphatic carbocycles. The number of anilines is 1. The maximum absolute atomic E-state index is 6.56. The van der Waals surface area contributed by atoms with E-state index in [-0.39, 0.29) is 12.1 Å².